The number of nitrogens with one attached hydrogen (secondary N) is 4. The van der Waals surface area contributed by atoms with Gasteiger partial charge in [0.1, 0.15) is 11.6 Å². The molecule has 0 bridgehead atoms. The van der Waals surface area contributed by atoms with Gasteiger partial charge in [-0.25, -0.2) is 34.7 Å². The molecule has 3 aliphatic carbocycles. The van der Waals surface area contributed by atoms with Gasteiger partial charge >= 0.3 is 5.97 Å². The Labute approximate surface area is 371 Å². The zero-order valence-electron chi connectivity index (χ0n) is 34.7. The predicted octanol–water partition coefficient (Wildman–Crippen LogP) is 6.66. The summed E-state index contributed by atoms with van der Waals surface area (Å²) in [5.41, 5.74) is 2.63. The number of nitrogens with zero attached hydrogens (tertiary/aromatic N) is 9. The molecule has 64 heavy (non-hydrogen) atoms. The monoisotopic (exact) mass is 875 g/mol. The number of rotatable bonds is 15. The minimum atomic E-state index is -1.13. The number of hydrogen-bond acceptors (Lipinski definition) is 15. The summed E-state index contributed by atoms with van der Waals surface area (Å²) < 4.78 is 2.66. The van der Waals surface area contributed by atoms with Crippen LogP contribution >= 0.6 is 11.8 Å². The molecule has 3 saturated carbocycles. The molecule has 17 nitrogen and oxygen atoms in total. The fourth-order valence-corrected chi connectivity index (χ4v) is 9.31. The van der Waals surface area contributed by atoms with Crippen LogP contribution in [0.5, 0.6) is 0 Å². The smallest absolute Gasteiger partial charge is 0.337 e. The first-order chi connectivity index (χ1) is 31.3. The maximum absolute atomic E-state index is 13.8. The van der Waals surface area contributed by atoms with Crippen LogP contribution in [-0.2, 0) is 5.75 Å². The summed E-state index contributed by atoms with van der Waals surface area (Å²) in [6.45, 7) is 0. The van der Waals surface area contributed by atoms with Crippen molar-refractivity contribution in [2.24, 2.45) is 0 Å². The molecule has 0 amide bonds. The Hall–Kier alpha value is -7.21. The van der Waals surface area contributed by atoms with E-state index >= 15 is 0 Å². The highest BCUT2D eigenvalue weighted by Gasteiger charge is 2.28. The number of thioether (sulfide) groups is 1. The lowest BCUT2D eigenvalue weighted by molar-refractivity contribution is 0.0698. The van der Waals surface area contributed by atoms with Crippen LogP contribution in [0.3, 0.4) is 0 Å². The molecule has 6 aromatic heterocycles. The molecular formula is C46H45N13O4S. The van der Waals surface area contributed by atoms with Crippen molar-refractivity contribution in [1.29, 1.82) is 0 Å². The molecule has 0 spiro atoms. The van der Waals surface area contributed by atoms with Gasteiger partial charge in [0.15, 0.2) is 0 Å². The van der Waals surface area contributed by atoms with E-state index in [1.165, 1.54) is 51.7 Å². The topological polar surface area (TPSA) is 220 Å². The normalized spacial score (nSPS) is 19.4. The van der Waals surface area contributed by atoms with Gasteiger partial charge in [0.2, 0.25) is 11.9 Å². The second kappa shape index (κ2) is 17.9. The molecule has 0 saturated heterocycles. The molecule has 6 heterocycles. The van der Waals surface area contributed by atoms with Crippen LogP contribution in [0.15, 0.2) is 119 Å². The van der Waals surface area contributed by atoms with E-state index in [9.17, 15) is 19.5 Å². The molecule has 3 fully saturated rings. The third-order valence-electron chi connectivity index (χ3n) is 12.0. The van der Waals surface area contributed by atoms with Gasteiger partial charge in [-0.2, -0.15) is 9.78 Å². The zero-order valence-corrected chi connectivity index (χ0v) is 35.5. The van der Waals surface area contributed by atoms with Gasteiger partial charge in [-0.3, -0.25) is 14.2 Å². The number of aromatic nitrogens is 9. The van der Waals surface area contributed by atoms with Gasteiger partial charge in [-0.15, -0.1) is 11.8 Å². The van der Waals surface area contributed by atoms with Crippen LogP contribution in [-0.4, -0.2) is 79.5 Å². The minimum Gasteiger partial charge on any atom is -0.478 e. The van der Waals surface area contributed by atoms with E-state index in [0.717, 1.165) is 54.8 Å². The fourth-order valence-electron chi connectivity index (χ4n) is 8.55. The average Bonchev–Trinajstić information content (AvgIpc) is 3.93. The van der Waals surface area contributed by atoms with Gasteiger partial charge in [-0.05, 0) is 111 Å². The second-order valence-electron chi connectivity index (χ2n) is 16.6. The Morgan fingerprint density at radius 1 is 0.672 bits per heavy atom. The molecule has 1 aromatic carbocycles. The average molecular weight is 876 g/mol. The molecule has 324 valence electrons. The maximum atomic E-state index is 13.8. The Morgan fingerprint density at radius 3 is 1.86 bits per heavy atom. The number of benzene rings is 1. The van der Waals surface area contributed by atoms with Crippen LogP contribution in [0.1, 0.15) is 78.8 Å². The lowest BCUT2D eigenvalue weighted by Crippen LogP contribution is -2.22. The minimum absolute atomic E-state index is 0.0233. The van der Waals surface area contributed by atoms with Crippen LogP contribution in [0.4, 0.5) is 23.5 Å². The van der Waals surface area contributed by atoms with E-state index in [1.807, 2.05) is 36.7 Å². The largest absolute Gasteiger partial charge is 0.478 e. The molecule has 3 aliphatic rings. The molecule has 5 N–H and O–H groups in total. The first-order valence-corrected chi connectivity index (χ1v) is 22.5. The van der Waals surface area contributed by atoms with Crippen LogP contribution < -0.4 is 32.4 Å². The summed E-state index contributed by atoms with van der Waals surface area (Å²) >= 11 is 1.52. The highest BCUT2D eigenvalue weighted by Crippen LogP contribution is 2.39. The summed E-state index contributed by atoms with van der Waals surface area (Å²) in [5.74, 6) is 2.64. The Bertz CT molecular complexity index is 2910. The van der Waals surface area contributed by atoms with Crippen molar-refractivity contribution in [2.75, 3.05) is 21.3 Å². The van der Waals surface area contributed by atoms with Crippen molar-refractivity contribution in [1.82, 2.24) is 44.3 Å². The number of fused-ring (bicyclic) bond motifs is 1. The third kappa shape index (κ3) is 9.27. The summed E-state index contributed by atoms with van der Waals surface area (Å²) in [6.07, 6.45) is 21.6. The van der Waals surface area contributed by atoms with Crippen molar-refractivity contribution < 1.29 is 9.90 Å². The quantitative estimate of drug-likeness (QED) is 0.0680. The van der Waals surface area contributed by atoms with Gasteiger partial charge in [0.05, 0.1) is 29.3 Å². The first kappa shape index (κ1) is 40.8. The number of carbonyl (C=O) groups is 1. The highest BCUT2D eigenvalue weighted by molar-refractivity contribution is 7.98. The van der Waals surface area contributed by atoms with Crippen LogP contribution in [0, 0.1) is 0 Å². The zero-order chi connectivity index (χ0) is 43.6. The van der Waals surface area contributed by atoms with Gasteiger partial charge in [0, 0.05) is 88.8 Å². The summed E-state index contributed by atoms with van der Waals surface area (Å²) in [4.78, 5) is 66.5. The first-order valence-electron chi connectivity index (χ1n) is 21.5. The number of carboxylic acid groups (broad SMARTS) is 1. The summed E-state index contributed by atoms with van der Waals surface area (Å²) in [7, 11) is 0. The van der Waals surface area contributed by atoms with Gasteiger partial charge in [0.25, 0.3) is 11.1 Å². The van der Waals surface area contributed by atoms with Gasteiger partial charge < -0.3 is 26.4 Å². The van der Waals surface area contributed by atoms with Crippen molar-refractivity contribution in [3.05, 3.63) is 142 Å². The van der Waals surface area contributed by atoms with E-state index in [2.05, 4.69) is 56.3 Å². The molecule has 0 aliphatic heterocycles. The Balaban J connectivity index is 0.723. The van der Waals surface area contributed by atoms with Gasteiger partial charge in [-0.1, -0.05) is 6.07 Å². The fraction of sp³-hybridized carbons (Fsp3) is 0.304. The van der Waals surface area contributed by atoms with Crippen LogP contribution in [0.2, 0.25) is 0 Å². The Kier molecular flexibility index (Phi) is 11.4. The number of pyridine rings is 3. The molecule has 0 unspecified atom stereocenters. The van der Waals surface area contributed by atoms with E-state index in [1.54, 1.807) is 55.2 Å². The van der Waals surface area contributed by atoms with E-state index in [-0.39, 0.29) is 40.8 Å². The lowest BCUT2D eigenvalue weighted by atomic mass is 10.0. The van der Waals surface area contributed by atoms with E-state index in [4.69, 9.17) is 0 Å². The standard InChI is InChI=1S/C46H45N13O4S/c60-42-2-1-15-53-59(42)35-11-14-41(48-22-35)55-31-7-9-33(18-31)57-46-51-23-36(24-52-46)64-26-27-3-12-37-38(16-27)39(44(62)63)25-58(43(37)61)34-10-13-40(47-21-34)54-30-6-8-32(17-30)56-45-49-19-29(20-50-45)28-4-5-28/h1-3,10-16,19-25,28,30-33H,4-9,17-18,26H2,(H,47,54)(H,48,55)(H,62,63)(H,49,50,56)(H,51,52,57)/t30-,31-,32-,33-/m0/s1. The molecule has 0 radical (unpaired) electrons. The lowest BCUT2D eigenvalue weighted by Gasteiger charge is -2.16. The predicted molar refractivity (Wildman–Crippen MR) is 245 cm³/mol. The summed E-state index contributed by atoms with van der Waals surface area (Å²) in [5, 5.41) is 28.9. The van der Waals surface area contributed by atoms with Crippen LogP contribution in [0.25, 0.3) is 22.1 Å². The molecule has 18 heteroatoms. The summed E-state index contributed by atoms with van der Waals surface area (Å²) in [6, 6.07) is 16.5. The van der Waals surface area contributed by atoms with E-state index in [0.29, 0.717) is 51.5 Å². The number of anilines is 4. The molecule has 4 atom stereocenters. The molecule has 7 aromatic rings. The van der Waals surface area contributed by atoms with E-state index < -0.39 is 5.97 Å². The Morgan fingerprint density at radius 2 is 1.28 bits per heavy atom. The highest BCUT2D eigenvalue weighted by atomic mass is 32.2. The van der Waals surface area contributed by atoms with Crippen molar-refractivity contribution in [3.63, 3.8) is 0 Å². The third-order valence-corrected chi connectivity index (χ3v) is 13.1. The maximum Gasteiger partial charge on any atom is 0.337 e. The second-order valence-corrected chi connectivity index (χ2v) is 17.7. The molecule has 10 rings (SSSR count). The van der Waals surface area contributed by atoms with Crippen molar-refractivity contribution >= 4 is 52.0 Å². The SMILES string of the molecule is O=C(O)c1cn(-c2ccc(N[C@H]3CC[C@H](Nc4ncc(C5CC5)cn4)C3)nc2)c(=O)c2ccc(CSc3cnc(N[C@H]4CC[C@H](Nc5ccc(-n6ncccc6=O)cn5)C4)nc3)cc12. The molecular weight excluding hydrogens is 831 g/mol. The number of carboxylic acids is 1. The number of hydrogen-bond donors (Lipinski definition) is 5. The number of aromatic carboxylic acids is 1. The van der Waals surface area contributed by atoms with Crippen molar-refractivity contribution in [2.45, 2.75) is 92.1 Å². The van der Waals surface area contributed by atoms with Crippen molar-refractivity contribution in [3.8, 4) is 11.4 Å².